The number of carbonyl (C=O) groups excluding carboxylic acids is 1. The highest BCUT2D eigenvalue weighted by atomic mass is 16.5. The van der Waals surface area contributed by atoms with E-state index in [0.29, 0.717) is 11.4 Å². The molecule has 1 atom stereocenters. The highest BCUT2D eigenvalue weighted by Gasteiger charge is 2.20. The molecular formula is C17H20N2O2. The largest absolute Gasteiger partial charge is 0.495 e. The number of hydrogen-bond acceptors (Lipinski definition) is 3. The highest BCUT2D eigenvalue weighted by Crippen LogP contribution is 2.26. The van der Waals surface area contributed by atoms with E-state index in [0.717, 1.165) is 11.1 Å². The molecule has 2 rings (SSSR count). The Bertz CT molecular complexity index is 611. The summed E-state index contributed by atoms with van der Waals surface area (Å²) in [5.41, 5.74) is 8.39. The second-order valence-corrected chi connectivity index (χ2v) is 4.89. The molecular weight excluding hydrogens is 264 g/mol. The van der Waals surface area contributed by atoms with Gasteiger partial charge in [-0.1, -0.05) is 36.4 Å². The molecule has 110 valence electrons. The topological polar surface area (TPSA) is 64.3 Å². The third-order valence-electron chi connectivity index (χ3n) is 3.37. The maximum absolute atomic E-state index is 12.5. The van der Waals surface area contributed by atoms with Gasteiger partial charge in [-0.05, 0) is 30.2 Å². The molecule has 0 radical (unpaired) electrons. The average Bonchev–Trinajstić information content (AvgIpc) is 2.49. The van der Waals surface area contributed by atoms with Crippen molar-refractivity contribution in [3.8, 4) is 5.75 Å². The zero-order valence-electron chi connectivity index (χ0n) is 12.3. The van der Waals surface area contributed by atoms with Gasteiger partial charge in [-0.2, -0.15) is 0 Å². The second-order valence-electron chi connectivity index (χ2n) is 4.89. The molecule has 0 spiro atoms. The van der Waals surface area contributed by atoms with Crippen LogP contribution >= 0.6 is 0 Å². The van der Waals surface area contributed by atoms with E-state index < -0.39 is 0 Å². The first kappa shape index (κ1) is 15.1. The predicted molar refractivity (Wildman–Crippen MR) is 84.6 cm³/mol. The van der Waals surface area contributed by atoms with Gasteiger partial charge >= 0.3 is 0 Å². The van der Waals surface area contributed by atoms with Crippen LogP contribution in [0.15, 0.2) is 48.5 Å². The van der Waals surface area contributed by atoms with Crippen LogP contribution in [-0.4, -0.2) is 19.6 Å². The van der Waals surface area contributed by atoms with Gasteiger partial charge in [0.1, 0.15) is 5.75 Å². The Hall–Kier alpha value is -2.33. The van der Waals surface area contributed by atoms with Crippen LogP contribution in [0.3, 0.4) is 0 Å². The van der Waals surface area contributed by atoms with E-state index in [1.807, 2.05) is 55.5 Å². The first-order valence-electron chi connectivity index (χ1n) is 6.86. The van der Waals surface area contributed by atoms with E-state index in [1.54, 1.807) is 7.11 Å². The average molecular weight is 284 g/mol. The standard InChI is InChI=1S/C17H20N2O2/c1-12-8-9-16(21-2)15(10-12)19-17(20)14(11-18)13-6-4-3-5-7-13/h3-10,14H,11,18H2,1-2H3,(H,19,20). The molecule has 0 aliphatic rings. The monoisotopic (exact) mass is 284 g/mol. The van der Waals surface area contributed by atoms with E-state index >= 15 is 0 Å². The van der Waals surface area contributed by atoms with Crippen molar-refractivity contribution in [2.45, 2.75) is 12.8 Å². The van der Waals surface area contributed by atoms with Gasteiger partial charge in [0.25, 0.3) is 0 Å². The van der Waals surface area contributed by atoms with E-state index in [9.17, 15) is 4.79 Å². The van der Waals surface area contributed by atoms with E-state index in [2.05, 4.69) is 5.32 Å². The predicted octanol–water partition coefficient (Wildman–Crippen LogP) is 2.68. The molecule has 0 aliphatic carbocycles. The van der Waals surface area contributed by atoms with Gasteiger partial charge in [-0.3, -0.25) is 4.79 Å². The van der Waals surface area contributed by atoms with Crippen LogP contribution in [0.25, 0.3) is 0 Å². The maximum Gasteiger partial charge on any atom is 0.233 e. The van der Waals surface area contributed by atoms with Crippen LogP contribution in [0.5, 0.6) is 5.75 Å². The third kappa shape index (κ3) is 3.61. The summed E-state index contributed by atoms with van der Waals surface area (Å²) in [6.07, 6.45) is 0. The number of nitrogens with one attached hydrogen (secondary N) is 1. The van der Waals surface area contributed by atoms with Crippen molar-refractivity contribution in [2.75, 3.05) is 19.0 Å². The van der Waals surface area contributed by atoms with Gasteiger partial charge < -0.3 is 15.8 Å². The normalized spacial score (nSPS) is 11.8. The lowest BCUT2D eigenvalue weighted by molar-refractivity contribution is -0.117. The number of nitrogens with two attached hydrogens (primary N) is 1. The molecule has 0 heterocycles. The van der Waals surface area contributed by atoms with Crippen molar-refractivity contribution in [1.29, 1.82) is 0 Å². The SMILES string of the molecule is COc1ccc(C)cc1NC(=O)C(CN)c1ccccc1. The van der Waals surface area contributed by atoms with Crippen LogP contribution < -0.4 is 15.8 Å². The minimum absolute atomic E-state index is 0.132. The molecule has 0 aliphatic heterocycles. The molecule has 2 aromatic rings. The van der Waals surface area contributed by atoms with Gasteiger partial charge in [0.2, 0.25) is 5.91 Å². The van der Waals surface area contributed by atoms with Gasteiger partial charge in [-0.25, -0.2) is 0 Å². The Morgan fingerprint density at radius 1 is 1.24 bits per heavy atom. The fourth-order valence-corrected chi connectivity index (χ4v) is 2.22. The van der Waals surface area contributed by atoms with E-state index in [-0.39, 0.29) is 18.4 Å². The summed E-state index contributed by atoms with van der Waals surface area (Å²) in [6.45, 7) is 2.22. The number of ether oxygens (including phenoxy) is 1. The van der Waals surface area contributed by atoms with Crippen molar-refractivity contribution in [2.24, 2.45) is 5.73 Å². The van der Waals surface area contributed by atoms with Crippen molar-refractivity contribution in [1.82, 2.24) is 0 Å². The zero-order valence-corrected chi connectivity index (χ0v) is 12.3. The van der Waals surface area contributed by atoms with Crippen LogP contribution in [0.1, 0.15) is 17.0 Å². The molecule has 0 saturated heterocycles. The molecule has 4 nitrogen and oxygen atoms in total. The summed E-state index contributed by atoms with van der Waals surface area (Å²) < 4.78 is 5.27. The maximum atomic E-state index is 12.5. The number of anilines is 1. The molecule has 1 amide bonds. The lowest BCUT2D eigenvalue weighted by Gasteiger charge is -2.17. The molecule has 0 bridgehead atoms. The van der Waals surface area contributed by atoms with E-state index in [1.165, 1.54) is 0 Å². The number of rotatable bonds is 5. The van der Waals surface area contributed by atoms with Crippen molar-refractivity contribution in [3.05, 3.63) is 59.7 Å². The van der Waals surface area contributed by atoms with Gasteiger partial charge in [0, 0.05) is 6.54 Å². The summed E-state index contributed by atoms with van der Waals surface area (Å²) in [4.78, 5) is 12.5. The number of aryl methyl sites for hydroxylation is 1. The minimum Gasteiger partial charge on any atom is -0.495 e. The highest BCUT2D eigenvalue weighted by molar-refractivity contribution is 5.97. The van der Waals surface area contributed by atoms with E-state index in [4.69, 9.17) is 10.5 Å². The van der Waals surface area contributed by atoms with Crippen molar-refractivity contribution < 1.29 is 9.53 Å². The Morgan fingerprint density at radius 3 is 2.57 bits per heavy atom. The lowest BCUT2D eigenvalue weighted by atomic mass is 9.98. The number of hydrogen-bond donors (Lipinski definition) is 2. The van der Waals surface area contributed by atoms with Gasteiger partial charge in [0.15, 0.2) is 0 Å². The molecule has 2 aromatic carbocycles. The Kier molecular flexibility index (Phi) is 4.95. The molecule has 0 aromatic heterocycles. The van der Waals surface area contributed by atoms with Crippen LogP contribution in [-0.2, 0) is 4.79 Å². The van der Waals surface area contributed by atoms with Gasteiger partial charge in [-0.15, -0.1) is 0 Å². The Labute approximate surface area is 124 Å². The van der Waals surface area contributed by atoms with Gasteiger partial charge in [0.05, 0.1) is 18.7 Å². The van der Waals surface area contributed by atoms with Crippen molar-refractivity contribution >= 4 is 11.6 Å². The lowest BCUT2D eigenvalue weighted by Crippen LogP contribution is -2.27. The third-order valence-corrected chi connectivity index (χ3v) is 3.37. The molecule has 4 heteroatoms. The fourth-order valence-electron chi connectivity index (χ4n) is 2.22. The first-order chi connectivity index (χ1) is 10.2. The summed E-state index contributed by atoms with van der Waals surface area (Å²) in [7, 11) is 1.58. The Balaban J connectivity index is 2.22. The number of methoxy groups -OCH3 is 1. The fraction of sp³-hybridized carbons (Fsp3) is 0.235. The molecule has 0 saturated carbocycles. The summed E-state index contributed by atoms with van der Waals surface area (Å²) in [6, 6.07) is 15.2. The zero-order chi connectivity index (χ0) is 15.2. The molecule has 3 N–H and O–H groups in total. The summed E-state index contributed by atoms with van der Waals surface area (Å²) in [5, 5.41) is 2.91. The quantitative estimate of drug-likeness (QED) is 0.887. The Morgan fingerprint density at radius 2 is 1.95 bits per heavy atom. The molecule has 0 fully saturated rings. The molecule has 21 heavy (non-hydrogen) atoms. The first-order valence-corrected chi connectivity index (χ1v) is 6.86. The van der Waals surface area contributed by atoms with Crippen LogP contribution in [0.2, 0.25) is 0 Å². The summed E-state index contributed by atoms with van der Waals surface area (Å²) >= 11 is 0. The second kappa shape index (κ2) is 6.90. The summed E-state index contributed by atoms with van der Waals surface area (Å²) in [5.74, 6) is 0.127. The number of carbonyl (C=O) groups is 1. The number of benzene rings is 2. The smallest absolute Gasteiger partial charge is 0.233 e. The van der Waals surface area contributed by atoms with Crippen LogP contribution in [0.4, 0.5) is 5.69 Å². The molecule has 1 unspecified atom stereocenters. The minimum atomic E-state index is -0.378. The van der Waals surface area contributed by atoms with Crippen molar-refractivity contribution in [3.63, 3.8) is 0 Å². The van der Waals surface area contributed by atoms with Crippen LogP contribution in [0, 0.1) is 6.92 Å². The number of amides is 1.